The highest BCUT2D eigenvalue weighted by molar-refractivity contribution is 7.99. The number of hydrogen-bond acceptors (Lipinski definition) is 1. The minimum atomic E-state index is -2.24. The van der Waals surface area contributed by atoms with Gasteiger partial charge in [0.1, 0.15) is 28.5 Å². The summed E-state index contributed by atoms with van der Waals surface area (Å²) in [6, 6.07) is 32.0. The van der Waals surface area contributed by atoms with Gasteiger partial charge in [-0.05, 0) is 61.7 Å². The third kappa shape index (κ3) is 4.08. The lowest BCUT2D eigenvalue weighted by Gasteiger charge is -2.29. The number of carbonyl (C=O) groups excluding carboxylic acids is 1. The van der Waals surface area contributed by atoms with Crippen LogP contribution in [0.2, 0.25) is 0 Å². The van der Waals surface area contributed by atoms with Crippen molar-refractivity contribution in [3.63, 3.8) is 0 Å². The molecule has 1 saturated carbocycles. The van der Waals surface area contributed by atoms with Gasteiger partial charge in [-0.3, -0.25) is 4.79 Å². The summed E-state index contributed by atoms with van der Waals surface area (Å²) >= 11 is 0. The van der Waals surface area contributed by atoms with Gasteiger partial charge in [0.05, 0.1) is 0 Å². The van der Waals surface area contributed by atoms with Crippen molar-refractivity contribution >= 4 is 29.0 Å². The predicted octanol–water partition coefficient (Wildman–Crippen LogP) is 2.26. The van der Waals surface area contributed by atoms with E-state index in [1.165, 1.54) is 15.9 Å². The molecule has 1 aliphatic carbocycles. The van der Waals surface area contributed by atoms with E-state index in [1.54, 1.807) is 0 Å². The van der Waals surface area contributed by atoms with Crippen LogP contribution in [0.1, 0.15) is 26.2 Å². The molecule has 1 fully saturated rings. The molecule has 0 aromatic heterocycles. The van der Waals surface area contributed by atoms with Gasteiger partial charge in [0.25, 0.3) is 0 Å². The quantitative estimate of drug-likeness (QED) is 0.423. The second-order valence-electron chi connectivity index (χ2n) is 7.31. The lowest BCUT2D eigenvalue weighted by Crippen LogP contribution is -3.00. The zero-order chi connectivity index (χ0) is 19.4. The van der Waals surface area contributed by atoms with E-state index in [0.717, 1.165) is 24.6 Å². The Morgan fingerprint density at radius 1 is 0.793 bits per heavy atom. The van der Waals surface area contributed by atoms with Crippen molar-refractivity contribution in [3.8, 4) is 0 Å². The molecule has 148 valence electrons. The molecule has 0 radical (unpaired) electrons. The number of rotatable bonds is 7. The lowest BCUT2D eigenvalue weighted by molar-refractivity contribution is -0.116. The van der Waals surface area contributed by atoms with Gasteiger partial charge >= 0.3 is 0 Å². The molecule has 29 heavy (non-hydrogen) atoms. The number of benzene rings is 3. The molecule has 0 amide bonds. The van der Waals surface area contributed by atoms with Crippen molar-refractivity contribution in [2.75, 3.05) is 0 Å². The number of Topliss-reactive ketones (excluding diaryl/α,β-unsaturated/α-hetero) is 1. The maximum Gasteiger partial charge on any atom is 0.201 e. The van der Waals surface area contributed by atoms with Crippen molar-refractivity contribution in [2.24, 2.45) is 5.92 Å². The van der Waals surface area contributed by atoms with Gasteiger partial charge in [0, 0.05) is 5.92 Å². The fraction of sp³-hybridized carbons (Fsp3) is 0.192. The molecular weight excluding hydrogens is 395 g/mol. The van der Waals surface area contributed by atoms with Gasteiger partial charge in [-0.2, -0.15) is 0 Å². The van der Waals surface area contributed by atoms with Crippen LogP contribution in [-0.4, -0.2) is 5.78 Å². The second-order valence-corrected chi connectivity index (χ2v) is 10.7. The molecule has 0 unspecified atom stereocenters. The number of hydrogen-bond donors (Lipinski definition) is 0. The van der Waals surface area contributed by atoms with E-state index < -0.39 is 7.26 Å². The Bertz CT molecular complexity index is 867. The van der Waals surface area contributed by atoms with Crippen molar-refractivity contribution in [3.05, 3.63) is 102 Å². The molecule has 4 rings (SSSR count). The van der Waals surface area contributed by atoms with E-state index in [0.29, 0.717) is 5.78 Å². The molecule has 0 spiro atoms. The van der Waals surface area contributed by atoms with Gasteiger partial charge in [-0.15, -0.1) is 0 Å². The minimum Gasteiger partial charge on any atom is -1.00 e. The van der Waals surface area contributed by atoms with Gasteiger partial charge in [-0.25, -0.2) is 0 Å². The standard InChI is InChI=1S/C26H26OP.ClH/c1-2-12-25(26(27)21-19-20-21)28(22-13-6-3-7-14-22,23-15-8-4-9-16-23)24-17-10-5-11-18-24;/h3-18,21H,2,19-20H2,1H3;1H/q+1;/p-1/b25-12+;. The SMILES string of the molecule is CC/C=C(\C(=O)C1CC1)[P+](c1ccccc1)(c1ccccc1)c1ccccc1.[Cl-]. The van der Waals surface area contributed by atoms with E-state index in [2.05, 4.69) is 104 Å². The predicted molar refractivity (Wildman–Crippen MR) is 121 cm³/mol. The Hall–Kier alpha value is -2.21. The van der Waals surface area contributed by atoms with E-state index in [4.69, 9.17) is 0 Å². The monoisotopic (exact) mass is 420 g/mol. The summed E-state index contributed by atoms with van der Waals surface area (Å²) in [5.41, 5.74) is 0. The molecular formula is C26H26ClOP. The number of carbonyl (C=O) groups is 1. The first-order chi connectivity index (χ1) is 13.8. The van der Waals surface area contributed by atoms with Crippen LogP contribution < -0.4 is 28.3 Å². The van der Waals surface area contributed by atoms with E-state index in [-0.39, 0.29) is 18.3 Å². The third-order valence-electron chi connectivity index (χ3n) is 5.39. The summed E-state index contributed by atoms with van der Waals surface area (Å²) in [6.07, 6.45) is 5.12. The van der Waals surface area contributed by atoms with Crippen LogP contribution >= 0.6 is 7.26 Å². The molecule has 3 aromatic carbocycles. The summed E-state index contributed by atoms with van der Waals surface area (Å²) in [5, 5.41) is 4.78. The Balaban J connectivity index is 0.00000240. The van der Waals surface area contributed by atoms with Crippen molar-refractivity contribution in [2.45, 2.75) is 26.2 Å². The second kappa shape index (κ2) is 9.53. The van der Waals surface area contributed by atoms with Crippen LogP contribution in [0.15, 0.2) is 102 Å². The topological polar surface area (TPSA) is 17.1 Å². The van der Waals surface area contributed by atoms with Gasteiger partial charge in [0.2, 0.25) is 5.78 Å². The summed E-state index contributed by atoms with van der Waals surface area (Å²) in [4.78, 5) is 13.6. The summed E-state index contributed by atoms with van der Waals surface area (Å²) in [5.74, 6) is 0.556. The van der Waals surface area contributed by atoms with E-state index >= 15 is 0 Å². The normalized spacial score (nSPS) is 14.2. The van der Waals surface area contributed by atoms with E-state index in [1.807, 2.05) is 0 Å². The van der Waals surface area contributed by atoms with Gasteiger partial charge in [0.15, 0.2) is 0 Å². The zero-order valence-electron chi connectivity index (χ0n) is 16.7. The molecule has 0 atom stereocenters. The van der Waals surface area contributed by atoms with Crippen LogP contribution in [0.3, 0.4) is 0 Å². The maximum atomic E-state index is 13.6. The third-order valence-corrected chi connectivity index (χ3v) is 9.73. The van der Waals surface area contributed by atoms with Gasteiger partial charge in [-0.1, -0.05) is 61.5 Å². The molecule has 3 aromatic rings. The average molecular weight is 421 g/mol. The molecule has 0 heterocycles. The van der Waals surface area contributed by atoms with Crippen LogP contribution in [0.5, 0.6) is 0 Å². The fourth-order valence-electron chi connectivity index (χ4n) is 3.97. The molecule has 1 aliphatic rings. The van der Waals surface area contributed by atoms with Crippen molar-refractivity contribution in [1.29, 1.82) is 0 Å². The highest BCUT2D eigenvalue weighted by Gasteiger charge is 2.54. The first-order valence-electron chi connectivity index (χ1n) is 10.1. The Kier molecular flexibility index (Phi) is 7.06. The minimum absolute atomic E-state index is 0. The van der Waals surface area contributed by atoms with Crippen LogP contribution in [-0.2, 0) is 4.79 Å². The number of ketones is 1. The summed E-state index contributed by atoms with van der Waals surface area (Å²) in [6.45, 7) is 2.13. The lowest BCUT2D eigenvalue weighted by atomic mass is 10.2. The summed E-state index contributed by atoms with van der Waals surface area (Å²) < 4.78 is 0. The van der Waals surface area contributed by atoms with Crippen molar-refractivity contribution in [1.82, 2.24) is 0 Å². The van der Waals surface area contributed by atoms with Gasteiger partial charge < -0.3 is 12.4 Å². The van der Waals surface area contributed by atoms with E-state index in [9.17, 15) is 4.79 Å². The maximum absolute atomic E-state index is 13.6. The highest BCUT2D eigenvalue weighted by atomic mass is 35.5. The average Bonchev–Trinajstić information content (AvgIpc) is 3.61. The molecule has 1 nitrogen and oxygen atoms in total. The smallest absolute Gasteiger partial charge is 0.201 e. The molecule has 0 N–H and O–H groups in total. The molecule has 3 heteroatoms. The van der Waals surface area contributed by atoms with Crippen LogP contribution in [0.25, 0.3) is 0 Å². The Morgan fingerprint density at radius 3 is 1.48 bits per heavy atom. The Morgan fingerprint density at radius 2 is 1.17 bits per heavy atom. The Labute approximate surface area is 180 Å². The zero-order valence-corrected chi connectivity index (χ0v) is 18.3. The largest absolute Gasteiger partial charge is 1.00 e. The fourth-order valence-corrected chi connectivity index (χ4v) is 8.53. The van der Waals surface area contributed by atoms with Crippen molar-refractivity contribution < 1.29 is 17.2 Å². The van der Waals surface area contributed by atoms with Crippen LogP contribution in [0, 0.1) is 5.92 Å². The van der Waals surface area contributed by atoms with Crippen LogP contribution in [0.4, 0.5) is 0 Å². The first-order valence-corrected chi connectivity index (χ1v) is 11.9. The summed E-state index contributed by atoms with van der Waals surface area (Å²) in [7, 11) is -2.24. The highest BCUT2D eigenvalue weighted by Crippen LogP contribution is 2.64. The molecule has 0 bridgehead atoms. The molecule has 0 saturated heterocycles. The number of allylic oxidation sites excluding steroid dienone is 2. The molecule has 0 aliphatic heterocycles. The first kappa shape index (κ1) is 21.5. The number of halogens is 1.